The van der Waals surface area contributed by atoms with Crippen molar-refractivity contribution >= 4 is 0 Å². The molecule has 1 atom stereocenters. The normalized spacial score (nSPS) is 19.4. The summed E-state index contributed by atoms with van der Waals surface area (Å²) in [4.78, 5) is 2.37. The smallest absolute Gasteiger partial charge is 0.0586 e. The van der Waals surface area contributed by atoms with E-state index in [0.717, 1.165) is 25.1 Å². The summed E-state index contributed by atoms with van der Waals surface area (Å²) in [5, 5.41) is 18.1. The standard InChI is InChI=1S/C17H23NO2/c19-12-4-2-5-15-7-9-16(10-8-15)13-18-11-3-1-6-17(18)14-20/h7-10,17,19-20H,1,3-4,6,11-14H2. The highest BCUT2D eigenvalue weighted by atomic mass is 16.3. The van der Waals surface area contributed by atoms with Gasteiger partial charge < -0.3 is 10.2 Å². The van der Waals surface area contributed by atoms with Crippen LogP contribution in [0.5, 0.6) is 0 Å². The zero-order chi connectivity index (χ0) is 14.2. The summed E-state index contributed by atoms with van der Waals surface area (Å²) in [6.45, 7) is 2.34. The SMILES string of the molecule is OCCC#Cc1ccc(CN2CCCCC2CO)cc1. The molecule has 0 amide bonds. The monoisotopic (exact) mass is 273 g/mol. The molecule has 0 radical (unpaired) electrons. The van der Waals surface area contributed by atoms with E-state index in [2.05, 4.69) is 28.9 Å². The van der Waals surface area contributed by atoms with Crippen molar-refractivity contribution in [2.75, 3.05) is 19.8 Å². The molecule has 0 aliphatic carbocycles. The molecular weight excluding hydrogens is 250 g/mol. The zero-order valence-electron chi connectivity index (χ0n) is 11.9. The predicted octanol–water partition coefficient (Wildman–Crippen LogP) is 1.77. The average molecular weight is 273 g/mol. The van der Waals surface area contributed by atoms with Crippen LogP contribution in [0.1, 0.15) is 36.8 Å². The molecule has 1 saturated heterocycles. The van der Waals surface area contributed by atoms with Gasteiger partial charge in [0, 0.05) is 24.6 Å². The van der Waals surface area contributed by atoms with Crippen LogP contribution in [-0.4, -0.2) is 40.9 Å². The second-order valence-corrected chi connectivity index (χ2v) is 5.27. The highest BCUT2D eigenvalue weighted by molar-refractivity contribution is 5.36. The second kappa shape index (κ2) is 8.06. The fourth-order valence-electron chi connectivity index (χ4n) is 2.62. The Hall–Kier alpha value is -1.34. The number of benzene rings is 1. The van der Waals surface area contributed by atoms with Gasteiger partial charge in [-0.3, -0.25) is 4.90 Å². The molecule has 1 heterocycles. The minimum absolute atomic E-state index is 0.114. The Kier molecular flexibility index (Phi) is 6.07. The lowest BCUT2D eigenvalue weighted by Gasteiger charge is -2.34. The van der Waals surface area contributed by atoms with Crippen molar-refractivity contribution in [1.82, 2.24) is 4.90 Å². The van der Waals surface area contributed by atoms with E-state index in [9.17, 15) is 5.11 Å². The van der Waals surface area contributed by atoms with Crippen LogP contribution in [0.3, 0.4) is 0 Å². The second-order valence-electron chi connectivity index (χ2n) is 5.27. The highest BCUT2D eigenvalue weighted by Crippen LogP contribution is 2.19. The van der Waals surface area contributed by atoms with Crippen LogP contribution in [0, 0.1) is 11.8 Å². The summed E-state index contributed by atoms with van der Waals surface area (Å²) in [6, 6.07) is 8.57. The maximum atomic E-state index is 9.42. The van der Waals surface area contributed by atoms with Gasteiger partial charge in [0.05, 0.1) is 13.2 Å². The van der Waals surface area contributed by atoms with Crippen molar-refractivity contribution in [3.05, 3.63) is 35.4 Å². The van der Waals surface area contributed by atoms with Crippen molar-refractivity contribution in [1.29, 1.82) is 0 Å². The fraction of sp³-hybridized carbons (Fsp3) is 0.529. The highest BCUT2D eigenvalue weighted by Gasteiger charge is 2.21. The lowest BCUT2D eigenvalue weighted by atomic mass is 10.0. The topological polar surface area (TPSA) is 43.7 Å². The third kappa shape index (κ3) is 4.35. The predicted molar refractivity (Wildman–Crippen MR) is 80.2 cm³/mol. The molecule has 2 N–H and O–H groups in total. The van der Waals surface area contributed by atoms with Crippen LogP contribution >= 0.6 is 0 Å². The first kappa shape index (κ1) is 15.1. The molecule has 1 aromatic carbocycles. The van der Waals surface area contributed by atoms with E-state index in [0.29, 0.717) is 12.5 Å². The van der Waals surface area contributed by atoms with Crippen LogP contribution in [0.25, 0.3) is 0 Å². The Bertz CT molecular complexity index is 458. The molecule has 1 aromatic rings. The first-order valence-corrected chi connectivity index (χ1v) is 7.37. The molecule has 0 bridgehead atoms. The van der Waals surface area contributed by atoms with E-state index in [1.54, 1.807) is 0 Å². The third-order valence-corrected chi connectivity index (χ3v) is 3.77. The van der Waals surface area contributed by atoms with Crippen molar-refractivity contribution in [3.8, 4) is 11.8 Å². The first-order valence-electron chi connectivity index (χ1n) is 7.37. The van der Waals surface area contributed by atoms with E-state index >= 15 is 0 Å². The molecule has 1 aliphatic heterocycles. The van der Waals surface area contributed by atoms with E-state index < -0.39 is 0 Å². The Morgan fingerprint density at radius 3 is 2.65 bits per heavy atom. The molecule has 3 heteroatoms. The van der Waals surface area contributed by atoms with E-state index in [-0.39, 0.29) is 13.2 Å². The van der Waals surface area contributed by atoms with Gasteiger partial charge in [0.1, 0.15) is 0 Å². The summed E-state index contributed by atoms with van der Waals surface area (Å²) in [6.07, 6.45) is 4.07. The summed E-state index contributed by atoms with van der Waals surface area (Å²) in [5.41, 5.74) is 2.25. The molecule has 2 rings (SSSR count). The number of aliphatic hydroxyl groups excluding tert-OH is 2. The van der Waals surface area contributed by atoms with Gasteiger partial charge in [-0.25, -0.2) is 0 Å². The molecule has 0 saturated carbocycles. The van der Waals surface area contributed by atoms with Crippen molar-refractivity contribution in [2.45, 2.75) is 38.3 Å². The molecule has 0 aromatic heterocycles. The van der Waals surface area contributed by atoms with E-state index in [1.165, 1.54) is 18.4 Å². The van der Waals surface area contributed by atoms with Gasteiger partial charge in [0.25, 0.3) is 0 Å². The summed E-state index contributed by atoms with van der Waals surface area (Å²) >= 11 is 0. The Morgan fingerprint density at radius 1 is 1.15 bits per heavy atom. The van der Waals surface area contributed by atoms with Crippen LogP contribution in [-0.2, 0) is 6.54 Å². The van der Waals surface area contributed by atoms with Gasteiger partial charge in [0.2, 0.25) is 0 Å². The molecule has 108 valence electrons. The molecule has 3 nitrogen and oxygen atoms in total. The molecular formula is C17H23NO2. The number of hydrogen-bond acceptors (Lipinski definition) is 3. The Labute approximate surface area is 121 Å². The van der Waals surface area contributed by atoms with Gasteiger partial charge in [-0.2, -0.15) is 0 Å². The van der Waals surface area contributed by atoms with Gasteiger partial charge in [0.15, 0.2) is 0 Å². The molecule has 0 spiro atoms. The maximum absolute atomic E-state index is 9.42. The fourth-order valence-corrected chi connectivity index (χ4v) is 2.62. The number of nitrogens with zero attached hydrogens (tertiary/aromatic N) is 1. The minimum Gasteiger partial charge on any atom is -0.395 e. The van der Waals surface area contributed by atoms with E-state index in [4.69, 9.17) is 5.11 Å². The molecule has 20 heavy (non-hydrogen) atoms. The van der Waals surface area contributed by atoms with Crippen LogP contribution in [0.2, 0.25) is 0 Å². The average Bonchev–Trinajstić information content (AvgIpc) is 2.50. The van der Waals surface area contributed by atoms with Crippen LogP contribution in [0.4, 0.5) is 0 Å². The summed E-state index contributed by atoms with van der Waals surface area (Å²) in [5.74, 6) is 5.96. The largest absolute Gasteiger partial charge is 0.395 e. The zero-order valence-corrected chi connectivity index (χ0v) is 11.9. The molecule has 1 aliphatic rings. The van der Waals surface area contributed by atoms with Gasteiger partial charge in [-0.05, 0) is 37.1 Å². The third-order valence-electron chi connectivity index (χ3n) is 3.77. The lowest BCUT2D eigenvalue weighted by Crippen LogP contribution is -2.41. The lowest BCUT2D eigenvalue weighted by molar-refractivity contribution is 0.0841. The van der Waals surface area contributed by atoms with E-state index in [1.807, 2.05) is 12.1 Å². The maximum Gasteiger partial charge on any atom is 0.0586 e. The number of piperidine rings is 1. The van der Waals surface area contributed by atoms with Gasteiger partial charge >= 0.3 is 0 Å². The number of likely N-dealkylation sites (tertiary alicyclic amines) is 1. The first-order chi connectivity index (χ1) is 9.83. The number of aliphatic hydroxyl groups is 2. The molecule has 1 unspecified atom stereocenters. The number of rotatable bonds is 4. The Balaban J connectivity index is 1.94. The van der Waals surface area contributed by atoms with Crippen LogP contribution < -0.4 is 0 Å². The summed E-state index contributed by atoms with van der Waals surface area (Å²) in [7, 11) is 0. The molecule has 1 fully saturated rings. The van der Waals surface area contributed by atoms with Crippen LogP contribution in [0.15, 0.2) is 24.3 Å². The van der Waals surface area contributed by atoms with Crippen molar-refractivity contribution in [3.63, 3.8) is 0 Å². The summed E-state index contributed by atoms with van der Waals surface area (Å²) < 4.78 is 0. The van der Waals surface area contributed by atoms with Gasteiger partial charge in [-0.1, -0.05) is 30.4 Å². The Morgan fingerprint density at radius 2 is 1.95 bits per heavy atom. The quantitative estimate of drug-likeness (QED) is 0.822. The number of hydrogen-bond donors (Lipinski definition) is 2. The van der Waals surface area contributed by atoms with Gasteiger partial charge in [-0.15, -0.1) is 0 Å². The van der Waals surface area contributed by atoms with Crippen molar-refractivity contribution in [2.24, 2.45) is 0 Å². The minimum atomic E-state index is 0.114. The van der Waals surface area contributed by atoms with Crippen molar-refractivity contribution < 1.29 is 10.2 Å².